The number of carbonyl (C=O) groups excluding carboxylic acids is 1. The first-order valence-electron chi connectivity index (χ1n) is 4.42. The van der Waals surface area contributed by atoms with Crippen molar-refractivity contribution in [1.29, 1.82) is 0 Å². The molecule has 4 heteroatoms. The van der Waals surface area contributed by atoms with Crippen molar-refractivity contribution in [2.75, 3.05) is 13.6 Å². The number of rotatable bonds is 4. The molecule has 0 saturated heterocycles. The molecule has 0 spiro atoms. The molecule has 0 aliphatic rings. The third-order valence-electron chi connectivity index (χ3n) is 1.90. The van der Waals surface area contributed by atoms with E-state index in [2.05, 4.69) is 15.9 Å². The van der Waals surface area contributed by atoms with Crippen LogP contribution in [0.25, 0.3) is 0 Å². The largest absolute Gasteiger partial charge is 0.365 e. The van der Waals surface area contributed by atoms with Gasteiger partial charge in [0.15, 0.2) is 6.54 Å². The summed E-state index contributed by atoms with van der Waals surface area (Å²) in [6.45, 7) is 1.19. The van der Waals surface area contributed by atoms with E-state index >= 15 is 0 Å². The fourth-order valence-corrected chi connectivity index (χ4v) is 1.57. The Labute approximate surface area is 92.0 Å². The fourth-order valence-electron chi connectivity index (χ4n) is 1.31. The maximum absolute atomic E-state index is 10.6. The Kier molecular flexibility index (Phi) is 4.10. The molecule has 0 aromatic heterocycles. The molecule has 1 rings (SSSR count). The fraction of sp³-hybridized carbons (Fsp3) is 0.300. The highest BCUT2D eigenvalue weighted by Gasteiger charge is 2.06. The van der Waals surface area contributed by atoms with Crippen molar-refractivity contribution in [2.24, 2.45) is 5.73 Å². The average molecular weight is 258 g/mol. The Morgan fingerprint density at radius 2 is 2.00 bits per heavy atom. The van der Waals surface area contributed by atoms with E-state index in [1.165, 1.54) is 5.56 Å². The molecule has 3 nitrogen and oxygen atoms in total. The molecule has 0 saturated carbocycles. The predicted octanol–water partition coefficient (Wildman–Crippen LogP) is -0.0509. The summed E-state index contributed by atoms with van der Waals surface area (Å²) in [6, 6.07) is 8.06. The minimum Gasteiger partial charge on any atom is -0.365 e. The van der Waals surface area contributed by atoms with Crippen LogP contribution in [0.15, 0.2) is 28.7 Å². The molecular weight excluding hydrogens is 244 g/mol. The van der Waals surface area contributed by atoms with Crippen molar-refractivity contribution < 1.29 is 9.69 Å². The quantitative estimate of drug-likeness (QED) is 0.781. The van der Waals surface area contributed by atoms with Crippen LogP contribution in [0.2, 0.25) is 0 Å². The number of hydrogen-bond donors (Lipinski definition) is 2. The highest BCUT2D eigenvalue weighted by atomic mass is 79.9. The number of amides is 1. The van der Waals surface area contributed by atoms with Crippen LogP contribution in [0, 0.1) is 0 Å². The summed E-state index contributed by atoms with van der Waals surface area (Å²) in [4.78, 5) is 11.7. The Bertz CT molecular complexity index is 310. The molecular formula is C10H14BrN2O+. The van der Waals surface area contributed by atoms with E-state index in [9.17, 15) is 4.79 Å². The molecule has 76 valence electrons. The molecule has 0 heterocycles. The number of likely N-dealkylation sites (N-methyl/N-ethyl adjacent to an activating group) is 1. The van der Waals surface area contributed by atoms with Gasteiger partial charge in [0.05, 0.1) is 7.05 Å². The number of halogens is 1. The maximum Gasteiger partial charge on any atom is 0.272 e. The van der Waals surface area contributed by atoms with Gasteiger partial charge in [0.1, 0.15) is 6.54 Å². The molecule has 0 fully saturated rings. The first kappa shape index (κ1) is 11.2. The van der Waals surface area contributed by atoms with E-state index in [4.69, 9.17) is 5.73 Å². The van der Waals surface area contributed by atoms with E-state index in [-0.39, 0.29) is 5.91 Å². The molecule has 0 radical (unpaired) electrons. The zero-order valence-corrected chi connectivity index (χ0v) is 9.67. The smallest absolute Gasteiger partial charge is 0.272 e. The highest BCUT2D eigenvalue weighted by molar-refractivity contribution is 9.10. The van der Waals surface area contributed by atoms with Crippen LogP contribution in [-0.2, 0) is 11.3 Å². The molecule has 3 N–H and O–H groups in total. The predicted molar refractivity (Wildman–Crippen MR) is 58.8 cm³/mol. The average Bonchev–Trinajstić information content (AvgIpc) is 2.07. The van der Waals surface area contributed by atoms with Crippen LogP contribution in [0.3, 0.4) is 0 Å². The zero-order valence-electron chi connectivity index (χ0n) is 8.09. The molecule has 1 amide bonds. The normalized spacial score (nSPS) is 12.4. The monoisotopic (exact) mass is 257 g/mol. The molecule has 1 atom stereocenters. The Morgan fingerprint density at radius 3 is 2.50 bits per heavy atom. The maximum atomic E-state index is 10.6. The summed E-state index contributed by atoms with van der Waals surface area (Å²) in [6.07, 6.45) is 0. The number of hydrogen-bond acceptors (Lipinski definition) is 1. The summed E-state index contributed by atoms with van der Waals surface area (Å²) in [5.74, 6) is -0.264. The van der Waals surface area contributed by atoms with Crippen LogP contribution < -0.4 is 10.6 Å². The van der Waals surface area contributed by atoms with Gasteiger partial charge in [0.25, 0.3) is 5.91 Å². The third kappa shape index (κ3) is 3.89. The minimum absolute atomic E-state index is 0.264. The van der Waals surface area contributed by atoms with E-state index in [0.29, 0.717) is 6.54 Å². The van der Waals surface area contributed by atoms with Gasteiger partial charge in [0.2, 0.25) is 0 Å². The topological polar surface area (TPSA) is 47.5 Å². The van der Waals surface area contributed by atoms with Crippen LogP contribution in [0.5, 0.6) is 0 Å². The molecule has 1 aromatic carbocycles. The highest BCUT2D eigenvalue weighted by Crippen LogP contribution is 2.09. The SMILES string of the molecule is C[NH+](CC(N)=O)Cc1ccc(Br)cc1. The first-order chi connectivity index (χ1) is 6.58. The number of nitrogens with two attached hydrogens (primary N) is 1. The van der Waals surface area contributed by atoms with Crippen LogP contribution in [0.4, 0.5) is 0 Å². The second-order valence-electron chi connectivity index (χ2n) is 3.40. The summed E-state index contributed by atoms with van der Waals surface area (Å²) >= 11 is 3.37. The molecule has 1 unspecified atom stereocenters. The Balaban J connectivity index is 2.51. The van der Waals surface area contributed by atoms with Gasteiger partial charge in [-0.15, -0.1) is 0 Å². The van der Waals surface area contributed by atoms with Crippen LogP contribution >= 0.6 is 15.9 Å². The summed E-state index contributed by atoms with van der Waals surface area (Å²) < 4.78 is 1.06. The summed E-state index contributed by atoms with van der Waals surface area (Å²) in [7, 11) is 1.95. The van der Waals surface area contributed by atoms with Gasteiger partial charge in [-0.3, -0.25) is 4.79 Å². The van der Waals surface area contributed by atoms with Gasteiger partial charge < -0.3 is 10.6 Å². The number of primary amides is 1. The number of nitrogens with one attached hydrogen (secondary N) is 1. The number of benzene rings is 1. The lowest BCUT2D eigenvalue weighted by atomic mass is 10.2. The standard InChI is InChI=1S/C10H13BrN2O/c1-13(7-10(12)14)6-8-2-4-9(11)5-3-8/h2-5H,6-7H2,1H3,(H2,12,14)/p+1. The number of carbonyl (C=O) groups is 1. The van der Waals surface area contributed by atoms with Gasteiger partial charge in [0, 0.05) is 10.0 Å². The second kappa shape index (κ2) is 5.12. The van der Waals surface area contributed by atoms with Crippen molar-refractivity contribution in [3.8, 4) is 0 Å². The summed E-state index contributed by atoms with van der Waals surface area (Å²) in [5.41, 5.74) is 6.30. The van der Waals surface area contributed by atoms with Crippen molar-refractivity contribution >= 4 is 21.8 Å². The van der Waals surface area contributed by atoms with Gasteiger partial charge in [-0.25, -0.2) is 0 Å². The van der Waals surface area contributed by atoms with Gasteiger partial charge in [-0.05, 0) is 12.1 Å². The lowest BCUT2D eigenvalue weighted by Gasteiger charge is -2.11. The van der Waals surface area contributed by atoms with Crippen LogP contribution in [0.1, 0.15) is 5.56 Å². The summed E-state index contributed by atoms with van der Waals surface area (Å²) in [5, 5.41) is 0. The van der Waals surface area contributed by atoms with Gasteiger partial charge >= 0.3 is 0 Å². The first-order valence-corrected chi connectivity index (χ1v) is 5.21. The third-order valence-corrected chi connectivity index (χ3v) is 2.42. The zero-order chi connectivity index (χ0) is 10.6. The van der Waals surface area contributed by atoms with E-state index in [1.807, 2.05) is 31.3 Å². The lowest BCUT2D eigenvalue weighted by molar-refractivity contribution is -0.885. The molecule has 14 heavy (non-hydrogen) atoms. The minimum atomic E-state index is -0.264. The second-order valence-corrected chi connectivity index (χ2v) is 4.32. The molecule has 0 bridgehead atoms. The van der Waals surface area contributed by atoms with Crippen molar-refractivity contribution in [2.45, 2.75) is 6.54 Å². The van der Waals surface area contributed by atoms with E-state index < -0.39 is 0 Å². The van der Waals surface area contributed by atoms with Gasteiger partial charge in [-0.2, -0.15) is 0 Å². The lowest BCUT2D eigenvalue weighted by Crippen LogP contribution is -3.08. The van der Waals surface area contributed by atoms with Crippen molar-refractivity contribution in [1.82, 2.24) is 0 Å². The van der Waals surface area contributed by atoms with Crippen molar-refractivity contribution in [3.63, 3.8) is 0 Å². The number of quaternary nitrogens is 1. The molecule has 1 aromatic rings. The van der Waals surface area contributed by atoms with Gasteiger partial charge in [-0.1, -0.05) is 28.1 Å². The van der Waals surface area contributed by atoms with E-state index in [1.54, 1.807) is 0 Å². The Hall–Kier alpha value is -0.870. The molecule has 0 aliphatic heterocycles. The van der Waals surface area contributed by atoms with Crippen LogP contribution in [-0.4, -0.2) is 19.5 Å². The van der Waals surface area contributed by atoms with E-state index in [0.717, 1.165) is 15.9 Å². The van der Waals surface area contributed by atoms with Crippen molar-refractivity contribution in [3.05, 3.63) is 34.3 Å². The Morgan fingerprint density at radius 1 is 1.43 bits per heavy atom. The molecule has 0 aliphatic carbocycles.